The molecule has 1 saturated heterocycles. The molecule has 0 radical (unpaired) electrons. The second kappa shape index (κ2) is 5.93. The lowest BCUT2D eigenvalue weighted by atomic mass is 10.1. The maximum Gasteiger partial charge on any atom is 0.285 e. The van der Waals surface area contributed by atoms with Crippen LogP contribution >= 0.6 is 0 Å². The predicted molar refractivity (Wildman–Crippen MR) is 76.8 cm³/mol. The summed E-state index contributed by atoms with van der Waals surface area (Å²) >= 11 is 0. The minimum atomic E-state index is -0.367. The van der Waals surface area contributed by atoms with Gasteiger partial charge in [0.1, 0.15) is 0 Å². The fourth-order valence-electron chi connectivity index (χ4n) is 2.62. The standard InChI is InChI=1S/C15H19N3O3/c1-16-6-8-17(9-7-16)10-11-21-18-14(19)12-4-2-3-5-13(12)15(18)20/h2-5H,6-11H2,1H3. The van der Waals surface area contributed by atoms with E-state index in [1.54, 1.807) is 24.3 Å². The van der Waals surface area contributed by atoms with E-state index in [0.29, 0.717) is 17.7 Å². The predicted octanol–water partition coefficient (Wildman–Crippen LogP) is 0.462. The zero-order chi connectivity index (χ0) is 14.8. The molecule has 1 aromatic rings. The van der Waals surface area contributed by atoms with E-state index < -0.39 is 0 Å². The number of fused-ring (bicyclic) bond motifs is 1. The van der Waals surface area contributed by atoms with Gasteiger partial charge in [0, 0.05) is 32.7 Å². The number of hydrogen-bond donors (Lipinski definition) is 0. The molecule has 0 aliphatic carbocycles. The summed E-state index contributed by atoms with van der Waals surface area (Å²) in [7, 11) is 2.10. The number of hydroxylamine groups is 2. The van der Waals surface area contributed by atoms with Crippen LogP contribution in [0.25, 0.3) is 0 Å². The number of carbonyl (C=O) groups is 2. The SMILES string of the molecule is CN1CCN(CCON2C(=O)c3ccccc3C2=O)CC1. The monoisotopic (exact) mass is 289 g/mol. The molecule has 3 rings (SSSR count). The van der Waals surface area contributed by atoms with Crippen LogP contribution in [0.5, 0.6) is 0 Å². The fraction of sp³-hybridized carbons (Fsp3) is 0.467. The highest BCUT2D eigenvalue weighted by molar-refractivity contribution is 6.20. The van der Waals surface area contributed by atoms with E-state index in [1.165, 1.54) is 0 Å². The van der Waals surface area contributed by atoms with Crippen molar-refractivity contribution < 1.29 is 14.4 Å². The van der Waals surface area contributed by atoms with Gasteiger partial charge >= 0.3 is 0 Å². The molecule has 2 aliphatic rings. The Morgan fingerprint density at radius 3 is 2.14 bits per heavy atom. The second-order valence-corrected chi connectivity index (χ2v) is 5.43. The molecule has 0 N–H and O–H groups in total. The third-order valence-corrected chi connectivity index (χ3v) is 3.98. The smallest absolute Gasteiger partial charge is 0.285 e. The molecular formula is C15H19N3O3. The highest BCUT2D eigenvalue weighted by Crippen LogP contribution is 2.22. The number of amides is 2. The summed E-state index contributed by atoms with van der Waals surface area (Å²) in [6, 6.07) is 6.80. The number of rotatable bonds is 4. The first-order valence-corrected chi connectivity index (χ1v) is 7.18. The molecule has 1 fully saturated rings. The largest absolute Gasteiger partial charge is 0.304 e. The second-order valence-electron chi connectivity index (χ2n) is 5.43. The summed E-state index contributed by atoms with van der Waals surface area (Å²) in [6.45, 7) is 5.11. The number of carbonyl (C=O) groups excluding carboxylic acids is 2. The molecule has 0 atom stereocenters. The van der Waals surface area contributed by atoms with E-state index in [-0.39, 0.29) is 11.8 Å². The Hall–Kier alpha value is -1.76. The minimum absolute atomic E-state index is 0.342. The summed E-state index contributed by atoms with van der Waals surface area (Å²) in [5.74, 6) is -0.733. The van der Waals surface area contributed by atoms with Crippen LogP contribution in [0.3, 0.4) is 0 Å². The number of nitrogens with zero attached hydrogens (tertiary/aromatic N) is 3. The maximum atomic E-state index is 12.1. The zero-order valence-electron chi connectivity index (χ0n) is 12.1. The van der Waals surface area contributed by atoms with Gasteiger partial charge in [-0.1, -0.05) is 12.1 Å². The molecule has 6 heteroatoms. The van der Waals surface area contributed by atoms with Crippen molar-refractivity contribution >= 4 is 11.8 Å². The van der Waals surface area contributed by atoms with Crippen molar-refractivity contribution in [1.29, 1.82) is 0 Å². The van der Waals surface area contributed by atoms with Crippen LogP contribution < -0.4 is 0 Å². The van der Waals surface area contributed by atoms with Gasteiger partial charge in [-0.3, -0.25) is 19.3 Å². The third-order valence-electron chi connectivity index (χ3n) is 3.98. The van der Waals surface area contributed by atoms with Crippen molar-refractivity contribution in [2.24, 2.45) is 0 Å². The van der Waals surface area contributed by atoms with Crippen molar-refractivity contribution in [3.63, 3.8) is 0 Å². The molecule has 2 heterocycles. The van der Waals surface area contributed by atoms with E-state index in [0.717, 1.165) is 37.8 Å². The normalized spacial score (nSPS) is 20.1. The quantitative estimate of drug-likeness (QED) is 0.754. The number of piperazine rings is 1. The molecule has 2 amide bonds. The Balaban J connectivity index is 1.53. The summed E-state index contributed by atoms with van der Waals surface area (Å²) in [4.78, 5) is 34.2. The molecular weight excluding hydrogens is 270 g/mol. The van der Waals surface area contributed by atoms with E-state index in [1.807, 2.05) is 0 Å². The Bertz CT molecular complexity index is 518. The molecule has 6 nitrogen and oxygen atoms in total. The third kappa shape index (κ3) is 2.83. The van der Waals surface area contributed by atoms with Gasteiger partial charge in [-0.2, -0.15) is 0 Å². The van der Waals surface area contributed by atoms with Crippen LogP contribution in [0, 0.1) is 0 Å². The lowest BCUT2D eigenvalue weighted by Gasteiger charge is -2.32. The van der Waals surface area contributed by atoms with Crippen molar-refractivity contribution in [1.82, 2.24) is 14.9 Å². The number of benzene rings is 1. The number of imide groups is 1. The molecule has 0 bridgehead atoms. The van der Waals surface area contributed by atoms with Gasteiger partial charge in [-0.15, -0.1) is 5.06 Å². The van der Waals surface area contributed by atoms with Gasteiger partial charge < -0.3 is 4.90 Å². The first-order chi connectivity index (χ1) is 10.2. The number of likely N-dealkylation sites (N-methyl/N-ethyl adjacent to an activating group) is 1. The highest BCUT2D eigenvalue weighted by atomic mass is 16.7. The molecule has 112 valence electrons. The van der Waals surface area contributed by atoms with Crippen LogP contribution in [0.2, 0.25) is 0 Å². The summed E-state index contributed by atoms with van der Waals surface area (Å²) in [5, 5.41) is 0.890. The van der Waals surface area contributed by atoms with Crippen molar-refractivity contribution in [2.45, 2.75) is 0 Å². The van der Waals surface area contributed by atoms with Gasteiger partial charge in [0.15, 0.2) is 0 Å². The number of hydrogen-bond acceptors (Lipinski definition) is 5. The average Bonchev–Trinajstić information content (AvgIpc) is 2.75. The molecule has 0 saturated carbocycles. The van der Waals surface area contributed by atoms with E-state index in [9.17, 15) is 9.59 Å². The molecule has 0 spiro atoms. The maximum absolute atomic E-state index is 12.1. The lowest BCUT2D eigenvalue weighted by Crippen LogP contribution is -2.46. The lowest BCUT2D eigenvalue weighted by molar-refractivity contribution is -0.0968. The Labute approximate surface area is 123 Å². The molecule has 0 unspecified atom stereocenters. The van der Waals surface area contributed by atoms with Crippen molar-refractivity contribution in [2.75, 3.05) is 46.4 Å². The van der Waals surface area contributed by atoms with E-state index >= 15 is 0 Å². The topological polar surface area (TPSA) is 53.1 Å². The van der Waals surface area contributed by atoms with Gasteiger partial charge in [-0.25, -0.2) is 0 Å². The Kier molecular flexibility index (Phi) is 4.01. The average molecular weight is 289 g/mol. The summed E-state index contributed by atoms with van der Waals surface area (Å²) < 4.78 is 0. The first kappa shape index (κ1) is 14.2. The van der Waals surface area contributed by atoms with Crippen molar-refractivity contribution in [3.05, 3.63) is 35.4 Å². The fourth-order valence-corrected chi connectivity index (χ4v) is 2.62. The minimum Gasteiger partial charge on any atom is -0.304 e. The van der Waals surface area contributed by atoms with Gasteiger partial charge in [0.25, 0.3) is 11.8 Å². The zero-order valence-corrected chi connectivity index (χ0v) is 12.1. The van der Waals surface area contributed by atoms with Gasteiger partial charge in [0.2, 0.25) is 0 Å². The van der Waals surface area contributed by atoms with Gasteiger partial charge in [-0.05, 0) is 19.2 Å². The van der Waals surface area contributed by atoms with Crippen LogP contribution in [0.4, 0.5) is 0 Å². The Morgan fingerprint density at radius 1 is 1.00 bits per heavy atom. The van der Waals surface area contributed by atoms with E-state index in [2.05, 4.69) is 16.8 Å². The van der Waals surface area contributed by atoms with Gasteiger partial charge in [0.05, 0.1) is 17.7 Å². The van der Waals surface area contributed by atoms with Crippen molar-refractivity contribution in [3.8, 4) is 0 Å². The summed E-state index contributed by atoms with van der Waals surface area (Å²) in [6.07, 6.45) is 0. The Morgan fingerprint density at radius 2 is 1.57 bits per heavy atom. The highest BCUT2D eigenvalue weighted by Gasteiger charge is 2.36. The van der Waals surface area contributed by atoms with Crippen LogP contribution in [-0.2, 0) is 4.84 Å². The van der Waals surface area contributed by atoms with Crippen LogP contribution in [-0.4, -0.2) is 73.1 Å². The van der Waals surface area contributed by atoms with Crippen LogP contribution in [0.15, 0.2) is 24.3 Å². The molecule has 0 aromatic heterocycles. The van der Waals surface area contributed by atoms with Crippen LogP contribution in [0.1, 0.15) is 20.7 Å². The molecule has 21 heavy (non-hydrogen) atoms. The molecule has 1 aromatic carbocycles. The van der Waals surface area contributed by atoms with E-state index in [4.69, 9.17) is 4.84 Å². The molecule has 2 aliphatic heterocycles. The first-order valence-electron chi connectivity index (χ1n) is 7.18. The summed E-state index contributed by atoms with van der Waals surface area (Å²) in [5.41, 5.74) is 0.837.